The summed E-state index contributed by atoms with van der Waals surface area (Å²) in [4.78, 5) is 8.41. The summed E-state index contributed by atoms with van der Waals surface area (Å²) < 4.78 is 5.67. The molecule has 0 radical (unpaired) electrons. The van der Waals surface area contributed by atoms with Gasteiger partial charge in [-0.2, -0.15) is 4.98 Å². The largest absolute Gasteiger partial charge is 0.478 e. The van der Waals surface area contributed by atoms with E-state index in [1.165, 1.54) is 24.6 Å². The fourth-order valence-electron chi connectivity index (χ4n) is 2.00. The molecule has 0 bridgehead atoms. The zero-order chi connectivity index (χ0) is 11.9. The smallest absolute Gasteiger partial charge is 0.217 e. The summed E-state index contributed by atoms with van der Waals surface area (Å²) in [7, 11) is 0. The average molecular weight is 290 g/mol. The van der Waals surface area contributed by atoms with Gasteiger partial charge in [0.25, 0.3) is 0 Å². The third kappa shape index (κ3) is 5.00. The van der Waals surface area contributed by atoms with E-state index >= 15 is 0 Å². The van der Waals surface area contributed by atoms with E-state index in [0.717, 1.165) is 37.2 Å². The first-order chi connectivity index (χ1) is 8.38. The molecular formula is C12H20ClN3OS. The van der Waals surface area contributed by atoms with Crippen LogP contribution in [-0.4, -0.2) is 35.9 Å². The van der Waals surface area contributed by atoms with Gasteiger partial charge in [0.15, 0.2) is 5.16 Å². The van der Waals surface area contributed by atoms with Gasteiger partial charge in [0.05, 0.1) is 6.61 Å². The lowest BCUT2D eigenvalue weighted by atomic mass is 9.95. The van der Waals surface area contributed by atoms with Crippen LogP contribution in [0, 0.1) is 5.92 Å². The van der Waals surface area contributed by atoms with E-state index in [1.807, 2.05) is 12.3 Å². The van der Waals surface area contributed by atoms with Gasteiger partial charge in [0.2, 0.25) is 5.88 Å². The van der Waals surface area contributed by atoms with Crippen LogP contribution >= 0.6 is 24.2 Å². The molecule has 2 rings (SSSR count). The summed E-state index contributed by atoms with van der Waals surface area (Å²) in [5, 5.41) is 4.14. The van der Waals surface area contributed by atoms with E-state index < -0.39 is 0 Å². The van der Waals surface area contributed by atoms with Gasteiger partial charge in [0.1, 0.15) is 0 Å². The maximum Gasteiger partial charge on any atom is 0.217 e. The van der Waals surface area contributed by atoms with E-state index in [1.54, 1.807) is 6.20 Å². The first-order valence-corrected chi connectivity index (χ1v) is 7.31. The second-order valence-electron chi connectivity index (χ2n) is 4.21. The second kappa shape index (κ2) is 8.56. The Morgan fingerprint density at radius 1 is 1.44 bits per heavy atom. The lowest BCUT2D eigenvalue weighted by Gasteiger charge is -2.22. The molecule has 0 saturated carbocycles. The predicted octanol–water partition coefficient (Wildman–Crippen LogP) is 2.39. The number of rotatable bonds is 5. The number of aromatic nitrogens is 2. The van der Waals surface area contributed by atoms with Crippen molar-refractivity contribution in [2.24, 2.45) is 5.92 Å². The molecule has 1 fully saturated rings. The third-order valence-corrected chi connectivity index (χ3v) is 3.59. The Morgan fingerprint density at radius 2 is 2.22 bits per heavy atom. The molecule has 0 aromatic carbocycles. The monoisotopic (exact) mass is 289 g/mol. The molecule has 0 amide bonds. The number of thioether (sulfide) groups is 1. The Balaban J connectivity index is 0.00000162. The van der Waals surface area contributed by atoms with Gasteiger partial charge in [-0.25, -0.2) is 4.98 Å². The highest BCUT2D eigenvalue weighted by molar-refractivity contribution is 7.98. The Bertz CT molecular complexity index is 348. The number of nitrogens with one attached hydrogen (secondary N) is 1. The van der Waals surface area contributed by atoms with Crippen molar-refractivity contribution in [1.29, 1.82) is 0 Å². The van der Waals surface area contributed by atoms with Crippen LogP contribution in [0.15, 0.2) is 17.4 Å². The van der Waals surface area contributed by atoms with Crippen LogP contribution in [0.4, 0.5) is 0 Å². The quantitative estimate of drug-likeness (QED) is 0.666. The van der Waals surface area contributed by atoms with Crippen molar-refractivity contribution in [1.82, 2.24) is 15.3 Å². The number of nitrogens with zero attached hydrogens (tertiary/aromatic N) is 2. The Morgan fingerprint density at radius 3 is 2.94 bits per heavy atom. The number of ether oxygens (including phenoxy) is 1. The lowest BCUT2D eigenvalue weighted by molar-refractivity contribution is 0.243. The normalized spacial score (nSPS) is 16.1. The van der Waals surface area contributed by atoms with Crippen molar-refractivity contribution in [3.05, 3.63) is 12.3 Å². The summed E-state index contributed by atoms with van der Waals surface area (Å²) in [6.45, 7) is 3.05. The van der Waals surface area contributed by atoms with E-state index in [0.29, 0.717) is 5.88 Å². The maximum absolute atomic E-state index is 5.67. The molecule has 1 saturated heterocycles. The van der Waals surface area contributed by atoms with Crippen molar-refractivity contribution >= 4 is 24.2 Å². The van der Waals surface area contributed by atoms with Gasteiger partial charge >= 0.3 is 0 Å². The minimum atomic E-state index is 0. The number of hydrogen-bond acceptors (Lipinski definition) is 5. The van der Waals surface area contributed by atoms with Crippen LogP contribution in [0.1, 0.15) is 19.3 Å². The second-order valence-corrected chi connectivity index (χ2v) is 4.99. The van der Waals surface area contributed by atoms with Crippen molar-refractivity contribution in [3.63, 3.8) is 0 Å². The van der Waals surface area contributed by atoms with E-state index in [9.17, 15) is 0 Å². The molecule has 1 aliphatic rings. The molecule has 6 heteroatoms. The van der Waals surface area contributed by atoms with Crippen molar-refractivity contribution in [2.45, 2.75) is 24.4 Å². The molecule has 0 atom stereocenters. The predicted molar refractivity (Wildman–Crippen MR) is 76.8 cm³/mol. The molecule has 1 aliphatic heterocycles. The standard InChI is InChI=1S/C12H19N3OS.ClH/c1-17-12-14-8-4-11(15-12)16-9-5-10-2-6-13-7-3-10;/h4,8,10,13H,2-3,5-7,9H2,1H3;1H. The fourth-order valence-corrected chi connectivity index (χ4v) is 2.35. The Kier molecular flexibility index (Phi) is 7.39. The van der Waals surface area contributed by atoms with E-state index in [4.69, 9.17) is 4.74 Å². The summed E-state index contributed by atoms with van der Waals surface area (Å²) in [6, 6.07) is 1.82. The molecule has 2 heterocycles. The molecular weight excluding hydrogens is 270 g/mol. The highest BCUT2D eigenvalue weighted by Crippen LogP contribution is 2.17. The zero-order valence-corrected chi connectivity index (χ0v) is 12.2. The fraction of sp³-hybridized carbons (Fsp3) is 0.667. The van der Waals surface area contributed by atoms with Gasteiger partial charge < -0.3 is 10.1 Å². The Hall–Kier alpha value is -0.520. The minimum absolute atomic E-state index is 0. The van der Waals surface area contributed by atoms with Crippen molar-refractivity contribution in [2.75, 3.05) is 26.0 Å². The number of halogens is 1. The molecule has 1 aromatic rings. The molecule has 1 aromatic heterocycles. The van der Waals surface area contributed by atoms with Gasteiger partial charge in [-0.15, -0.1) is 12.4 Å². The maximum atomic E-state index is 5.67. The summed E-state index contributed by atoms with van der Waals surface area (Å²) >= 11 is 1.53. The topological polar surface area (TPSA) is 47.0 Å². The van der Waals surface area contributed by atoms with E-state index in [-0.39, 0.29) is 12.4 Å². The van der Waals surface area contributed by atoms with Crippen LogP contribution in [0.3, 0.4) is 0 Å². The first-order valence-electron chi connectivity index (χ1n) is 6.09. The SMILES string of the molecule is CSc1nccc(OCCC2CCNCC2)n1.Cl. The molecule has 0 unspecified atom stereocenters. The Labute approximate surface area is 119 Å². The van der Waals surface area contributed by atoms with Crippen LogP contribution in [-0.2, 0) is 0 Å². The van der Waals surface area contributed by atoms with Crippen molar-refractivity contribution < 1.29 is 4.74 Å². The summed E-state index contributed by atoms with van der Waals surface area (Å²) in [6.07, 6.45) is 7.37. The van der Waals surface area contributed by atoms with Crippen LogP contribution in [0.25, 0.3) is 0 Å². The third-order valence-electron chi connectivity index (χ3n) is 3.03. The first kappa shape index (κ1) is 15.5. The molecule has 0 aliphatic carbocycles. The molecule has 1 N–H and O–H groups in total. The van der Waals surface area contributed by atoms with Crippen LogP contribution in [0.5, 0.6) is 5.88 Å². The average Bonchev–Trinajstić information content (AvgIpc) is 2.40. The summed E-state index contributed by atoms with van der Waals surface area (Å²) in [5.74, 6) is 1.50. The van der Waals surface area contributed by atoms with Gasteiger partial charge in [-0.1, -0.05) is 11.8 Å². The number of piperidine rings is 1. The molecule has 18 heavy (non-hydrogen) atoms. The van der Waals surface area contributed by atoms with Gasteiger partial charge in [-0.3, -0.25) is 0 Å². The minimum Gasteiger partial charge on any atom is -0.478 e. The highest BCUT2D eigenvalue weighted by Gasteiger charge is 2.12. The van der Waals surface area contributed by atoms with E-state index in [2.05, 4.69) is 15.3 Å². The summed E-state index contributed by atoms with van der Waals surface area (Å²) in [5.41, 5.74) is 0. The zero-order valence-electron chi connectivity index (χ0n) is 10.6. The molecule has 4 nitrogen and oxygen atoms in total. The highest BCUT2D eigenvalue weighted by atomic mass is 35.5. The van der Waals surface area contributed by atoms with Gasteiger partial charge in [0, 0.05) is 12.3 Å². The van der Waals surface area contributed by atoms with Crippen LogP contribution < -0.4 is 10.1 Å². The lowest BCUT2D eigenvalue weighted by Crippen LogP contribution is -2.28. The molecule has 102 valence electrons. The van der Waals surface area contributed by atoms with Gasteiger partial charge in [-0.05, 0) is 44.5 Å². The number of hydrogen-bond donors (Lipinski definition) is 1. The van der Waals surface area contributed by atoms with Crippen molar-refractivity contribution in [3.8, 4) is 5.88 Å². The molecule has 0 spiro atoms. The van der Waals surface area contributed by atoms with Crippen LogP contribution in [0.2, 0.25) is 0 Å².